The summed E-state index contributed by atoms with van der Waals surface area (Å²) >= 11 is 0. The number of nitrogens with zero attached hydrogens (tertiary/aromatic N) is 4. The Hall–Kier alpha value is -2.37. The number of hydrogen-bond acceptors (Lipinski definition) is 3. The molecule has 0 bridgehead atoms. The molecule has 138 valence electrons. The molecule has 0 N–H and O–H groups in total. The van der Waals surface area contributed by atoms with Crippen molar-refractivity contribution in [3.05, 3.63) is 30.6 Å². The van der Waals surface area contributed by atoms with Crippen LogP contribution in [-0.4, -0.2) is 57.3 Å². The zero-order valence-corrected chi connectivity index (χ0v) is 15.1. The van der Waals surface area contributed by atoms with Crippen molar-refractivity contribution in [2.75, 3.05) is 26.2 Å². The smallest absolute Gasteiger partial charge is 0.225 e. The van der Waals surface area contributed by atoms with Gasteiger partial charge in [-0.05, 0) is 31.4 Å². The van der Waals surface area contributed by atoms with Crippen LogP contribution in [0.1, 0.15) is 32.1 Å². The Balaban J connectivity index is 1.31. The van der Waals surface area contributed by atoms with Gasteiger partial charge in [0, 0.05) is 45.1 Å². The molecule has 1 aliphatic heterocycles. The molecule has 2 aliphatic rings. The Kier molecular flexibility index (Phi) is 4.91. The second-order valence-corrected chi connectivity index (χ2v) is 7.36. The molecular weight excluding hydrogens is 328 g/mol. The molecule has 2 fully saturated rings. The van der Waals surface area contributed by atoms with Crippen LogP contribution < -0.4 is 0 Å². The summed E-state index contributed by atoms with van der Waals surface area (Å²) in [5, 5.41) is 0. The van der Waals surface area contributed by atoms with Crippen LogP contribution in [0, 0.1) is 5.92 Å². The number of carbonyl (C=O) groups excluding carboxylic acids is 2. The molecule has 2 aromatic rings. The fraction of sp³-hybridized carbons (Fsp3) is 0.550. The minimum atomic E-state index is 0.167. The molecule has 0 radical (unpaired) electrons. The zero-order valence-electron chi connectivity index (χ0n) is 15.1. The summed E-state index contributed by atoms with van der Waals surface area (Å²) in [5.74, 6) is 0.711. The number of aryl methyl sites for hydroxylation is 1. The van der Waals surface area contributed by atoms with E-state index in [0.29, 0.717) is 32.0 Å². The molecular formula is C20H26N4O2. The number of amides is 2. The summed E-state index contributed by atoms with van der Waals surface area (Å²) in [6.45, 7) is 3.50. The highest BCUT2D eigenvalue weighted by Crippen LogP contribution is 2.28. The van der Waals surface area contributed by atoms with Gasteiger partial charge in [0.2, 0.25) is 11.8 Å². The van der Waals surface area contributed by atoms with Gasteiger partial charge in [-0.2, -0.15) is 0 Å². The Morgan fingerprint density at radius 2 is 1.77 bits per heavy atom. The number of fused-ring (bicyclic) bond motifs is 1. The van der Waals surface area contributed by atoms with Gasteiger partial charge in [-0.3, -0.25) is 9.59 Å². The van der Waals surface area contributed by atoms with Crippen LogP contribution >= 0.6 is 0 Å². The Morgan fingerprint density at radius 3 is 2.58 bits per heavy atom. The maximum absolute atomic E-state index is 12.6. The minimum Gasteiger partial charge on any atom is -0.341 e. The molecule has 6 nitrogen and oxygen atoms in total. The van der Waals surface area contributed by atoms with E-state index in [0.717, 1.165) is 43.4 Å². The summed E-state index contributed by atoms with van der Waals surface area (Å²) in [6.07, 6.45) is 6.40. The molecule has 6 heteroatoms. The quantitative estimate of drug-likeness (QED) is 0.846. The predicted molar refractivity (Wildman–Crippen MR) is 99.5 cm³/mol. The third kappa shape index (κ3) is 3.45. The van der Waals surface area contributed by atoms with Gasteiger partial charge in [0.05, 0.1) is 17.4 Å². The molecule has 2 heterocycles. The van der Waals surface area contributed by atoms with Crippen molar-refractivity contribution >= 4 is 22.8 Å². The molecule has 0 spiro atoms. The maximum Gasteiger partial charge on any atom is 0.225 e. The van der Waals surface area contributed by atoms with Crippen molar-refractivity contribution in [2.24, 2.45) is 5.92 Å². The molecule has 1 aromatic carbocycles. The van der Waals surface area contributed by atoms with Crippen LogP contribution in [-0.2, 0) is 16.1 Å². The molecule has 2 amide bonds. The summed E-state index contributed by atoms with van der Waals surface area (Å²) < 4.78 is 2.04. The lowest BCUT2D eigenvalue weighted by molar-refractivity contribution is -0.138. The van der Waals surface area contributed by atoms with Gasteiger partial charge in [-0.15, -0.1) is 0 Å². The highest BCUT2D eigenvalue weighted by Gasteiger charge is 2.30. The van der Waals surface area contributed by atoms with Crippen LogP contribution in [0.5, 0.6) is 0 Å². The number of rotatable bonds is 4. The van der Waals surface area contributed by atoms with Crippen molar-refractivity contribution in [3.63, 3.8) is 0 Å². The normalized spacial score (nSPS) is 18.6. The van der Waals surface area contributed by atoms with Gasteiger partial charge in [0.1, 0.15) is 0 Å². The van der Waals surface area contributed by atoms with Gasteiger partial charge >= 0.3 is 0 Å². The Bertz CT molecular complexity index is 796. The first kappa shape index (κ1) is 17.1. The molecule has 0 atom stereocenters. The first-order valence-corrected chi connectivity index (χ1v) is 9.69. The monoisotopic (exact) mass is 354 g/mol. The summed E-state index contributed by atoms with van der Waals surface area (Å²) in [6, 6.07) is 7.97. The van der Waals surface area contributed by atoms with Gasteiger partial charge in [-0.25, -0.2) is 4.98 Å². The third-order valence-electron chi connectivity index (χ3n) is 5.71. The predicted octanol–water partition coefficient (Wildman–Crippen LogP) is 2.29. The highest BCUT2D eigenvalue weighted by molar-refractivity contribution is 5.80. The number of para-hydroxylation sites is 2. The fourth-order valence-electron chi connectivity index (χ4n) is 3.86. The van der Waals surface area contributed by atoms with E-state index in [9.17, 15) is 9.59 Å². The lowest BCUT2D eigenvalue weighted by atomic mass is 9.84. The minimum absolute atomic E-state index is 0.167. The third-order valence-corrected chi connectivity index (χ3v) is 5.71. The second kappa shape index (κ2) is 7.48. The van der Waals surface area contributed by atoms with E-state index >= 15 is 0 Å². The van der Waals surface area contributed by atoms with Crippen molar-refractivity contribution in [1.82, 2.24) is 19.4 Å². The largest absolute Gasteiger partial charge is 0.341 e. The summed E-state index contributed by atoms with van der Waals surface area (Å²) in [5.41, 5.74) is 2.02. The van der Waals surface area contributed by atoms with Gasteiger partial charge in [-0.1, -0.05) is 18.6 Å². The average Bonchev–Trinajstić information content (AvgIpc) is 2.85. The van der Waals surface area contributed by atoms with Crippen molar-refractivity contribution < 1.29 is 9.59 Å². The molecule has 1 saturated heterocycles. The fourth-order valence-corrected chi connectivity index (χ4v) is 3.86. The topological polar surface area (TPSA) is 58.4 Å². The van der Waals surface area contributed by atoms with Crippen molar-refractivity contribution in [3.8, 4) is 0 Å². The number of aromatic nitrogens is 2. The van der Waals surface area contributed by atoms with E-state index < -0.39 is 0 Å². The number of hydrogen-bond donors (Lipinski definition) is 0. The lowest BCUT2D eigenvalue weighted by Crippen LogP contribution is -2.41. The van der Waals surface area contributed by atoms with Crippen molar-refractivity contribution in [2.45, 2.75) is 38.6 Å². The maximum atomic E-state index is 12.6. The lowest BCUT2D eigenvalue weighted by Gasteiger charge is -2.31. The number of carbonyl (C=O) groups is 2. The molecule has 1 aliphatic carbocycles. The SMILES string of the molecule is O=C(CCn1cnc2ccccc21)N1CCCN(C(=O)C2CCC2)CC1. The second-order valence-electron chi connectivity index (χ2n) is 7.36. The van der Waals surface area contributed by atoms with Crippen LogP contribution in [0.2, 0.25) is 0 Å². The van der Waals surface area contributed by atoms with E-state index in [2.05, 4.69) is 4.98 Å². The van der Waals surface area contributed by atoms with Crippen LogP contribution in [0.4, 0.5) is 0 Å². The molecule has 4 rings (SSSR count). The van der Waals surface area contributed by atoms with E-state index in [-0.39, 0.29) is 11.8 Å². The molecule has 26 heavy (non-hydrogen) atoms. The molecule has 1 saturated carbocycles. The van der Waals surface area contributed by atoms with E-state index in [1.54, 1.807) is 6.33 Å². The first-order valence-electron chi connectivity index (χ1n) is 9.69. The van der Waals surface area contributed by atoms with E-state index in [1.165, 1.54) is 6.42 Å². The molecule has 1 aromatic heterocycles. The van der Waals surface area contributed by atoms with Gasteiger partial charge in [0.25, 0.3) is 0 Å². The van der Waals surface area contributed by atoms with Crippen LogP contribution in [0.15, 0.2) is 30.6 Å². The first-order chi connectivity index (χ1) is 12.7. The Labute approximate surface area is 153 Å². The molecule has 0 unspecified atom stereocenters. The highest BCUT2D eigenvalue weighted by atomic mass is 16.2. The number of imidazole rings is 1. The van der Waals surface area contributed by atoms with E-state index in [4.69, 9.17) is 0 Å². The standard InChI is InChI=1S/C20H26N4O2/c25-19(9-12-24-15-21-17-7-1-2-8-18(17)24)22-10-4-11-23(14-13-22)20(26)16-5-3-6-16/h1-2,7-8,15-16H,3-6,9-14H2. The van der Waals surface area contributed by atoms with Gasteiger partial charge in [0.15, 0.2) is 0 Å². The van der Waals surface area contributed by atoms with Crippen molar-refractivity contribution in [1.29, 1.82) is 0 Å². The average molecular weight is 354 g/mol. The van der Waals surface area contributed by atoms with Crippen LogP contribution in [0.25, 0.3) is 11.0 Å². The van der Waals surface area contributed by atoms with E-state index in [1.807, 2.05) is 38.6 Å². The Morgan fingerprint density at radius 1 is 1.00 bits per heavy atom. The summed E-state index contributed by atoms with van der Waals surface area (Å²) in [4.78, 5) is 33.4. The summed E-state index contributed by atoms with van der Waals surface area (Å²) in [7, 11) is 0. The van der Waals surface area contributed by atoms with Gasteiger partial charge < -0.3 is 14.4 Å². The zero-order chi connectivity index (χ0) is 17.9. The van der Waals surface area contributed by atoms with Crippen LogP contribution in [0.3, 0.4) is 0 Å². The number of benzene rings is 1.